The van der Waals surface area contributed by atoms with Gasteiger partial charge in [0.15, 0.2) is 10.8 Å². The number of hydrogen-bond donors (Lipinski definition) is 4. The van der Waals surface area contributed by atoms with Gasteiger partial charge in [0.2, 0.25) is 16.6 Å². The first-order valence-corrected chi connectivity index (χ1v) is 14.4. The number of nitrogen functional groups attached to an aromatic ring is 1. The zero-order chi connectivity index (χ0) is 29.6. The highest BCUT2D eigenvalue weighted by atomic mass is 32.2. The van der Waals surface area contributed by atoms with E-state index in [0.29, 0.717) is 10.4 Å². The van der Waals surface area contributed by atoms with Crippen molar-refractivity contribution in [1.29, 1.82) is 0 Å². The summed E-state index contributed by atoms with van der Waals surface area (Å²) in [7, 11) is 0. The van der Waals surface area contributed by atoms with Gasteiger partial charge in [-0.1, -0.05) is 16.5 Å². The third-order valence-corrected chi connectivity index (χ3v) is 9.01. The van der Waals surface area contributed by atoms with E-state index in [1.807, 2.05) is 0 Å². The minimum Gasteiger partial charge on any atom is -0.543 e. The van der Waals surface area contributed by atoms with Crippen molar-refractivity contribution in [3.8, 4) is 0 Å². The molecule has 2 aliphatic rings. The maximum absolute atomic E-state index is 13.1. The van der Waals surface area contributed by atoms with E-state index < -0.39 is 52.9 Å². The number of imidazole rings is 1. The number of aliphatic carboxylic acids is 2. The van der Waals surface area contributed by atoms with Gasteiger partial charge in [0.25, 0.3) is 24.0 Å². The molecule has 1 fully saturated rings. The van der Waals surface area contributed by atoms with Gasteiger partial charge in [0.05, 0.1) is 11.7 Å². The van der Waals surface area contributed by atoms with Gasteiger partial charge in [0, 0.05) is 22.1 Å². The average Bonchev–Trinajstić information content (AvgIpc) is 3.62. The number of aromatic nitrogens is 3. The number of nitrogens with one attached hydrogen (secondary N) is 1. The molecule has 2 aliphatic heterocycles. The van der Waals surface area contributed by atoms with Crippen LogP contribution in [-0.2, 0) is 30.6 Å². The quantitative estimate of drug-likeness (QED) is 0.0815. The number of carboxylic acids is 2. The number of carbonyl (C=O) groups is 5. The van der Waals surface area contributed by atoms with Crippen LogP contribution in [0.4, 0.5) is 5.13 Å². The Kier molecular flexibility index (Phi) is 7.41. The molecule has 214 valence electrons. The molecule has 0 bridgehead atoms. The molecule has 3 aromatic heterocycles. The maximum atomic E-state index is 13.1. The Labute approximate surface area is 241 Å². The molecule has 1 saturated heterocycles. The van der Waals surface area contributed by atoms with Crippen LogP contribution in [-0.4, -0.2) is 78.0 Å². The fourth-order valence-electron chi connectivity index (χ4n) is 4.15. The highest BCUT2D eigenvalue weighted by Gasteiger charge is 2.53. The Balaban J connectivity index is 1.35. The molecule has 6 N–H and O–H groups in total. The minimum absolute atomic E-state index is 0.00381. The number of rotatable bonds is 10. The second-order valence-electron chi connectivity index (χ2n) is 8.81. The monoisotopic (exact) mass is 620 g/mol. The highest BCUT2D eigenvalue weighted by molar-refractivity contribution is 8.00. The van der Waals surface area contributed by atoms with Gasteiger partial charge in [-0.25, -0.2) is 14.3 Å². The summed E-state index contributed by atoms with van der Waals surface area (Å²) in [6, 6.07) is -1.12. The molecule has 5 rings (SSSR count). The van der Waals surface area contributed by atoms with E-state index in [9.17, 15) is 29.1 Å². The number of anilines is 1. The van der Waals surface area contributed by atoms with E-state index >= 15 is 0 Å². The topological polar surface area (TPSA) is 239 Å². The number of hydrogen-bond acceptors (Lipinski definition) is 13. The number of β-lactam (4-membered cyclic amide) rings is 1. The van der Waals surface area contributed by atoms with Crippen molar-refractivity contribution in [3.63, 3.8) is 0 Å². The summed E-state index contributed by atoms with van der Waals surface area (Å²) < 4.78 is 3.25. The number of fused-ring (bicyclic) bond motifs is 2. The Hall–Kier alpha value is -4.49. The van der Waals surface area contributed by atoms with E-state index in [1.165, 1.54) is 35.4 Å². The number of nitrogens with two attached hydrogens (primary N) is 2. The van der Waals surface area contributed by atoms with E-state index in [4.69, 9.17) is 21.4 Å². The number of thioether (sulfide) groups is 1. The number of carboxylic acid groups (broad SMARTS) is 2. The van der Waals surface area contributed by atoms with Crippen LogP contribution >= 0.6 is 34.4 Å². The van der Waals surface area contributed by atoms with Crippen LogP contribution in [0.2, 0.25) is 0 Å². The van der Waals surface area contributed by atoms with Crippen molar-refractivity contribution in [2.45, 2.75) is 31.0 Å². The van der Waals surface area contributed by atoms with Gasteiger partial charge < -0.3 is 36.6 Å². The molecule has 3 amide bonds. The summed E-state index contributed by atoms with van der Waals surface area (Å²) in [5.41, 5.74) is 11.0. The van der Waals surface area contributed by atoms with E-state index in [-0.39, 0.29) is 34.5 Å². The molecule has 5 heterocycles. The molecule has 0 aliphatic carbocycles. The van der Waals surface area contributed by atoms with Crippen LogP contribution in [0, 0.1) is 0 Å². The molecule has 0 aromatic carbocycles. The molecule has 0 unspecified atom stereocenters. The van der Waals surface area contributed by atoms with Crippen molar-refractivity contribution in [2.24, 2.45) is 10.9 Å². The molecular weight excluding hydrogens is 600 g/mol. The Morgan fingerprint density at radius 1 is 1.34 bits per heavy atom. The van der Waals surface area contributed by atoms with Crippen molar-refractivity contribution >= 4 is 79.8 Å². The second kappa shape index (κ2) is 10.8. The van der Waals surface area contributed by atoms with Gasteiger partial charge in [-0.3, -0.25) is 19.3 Å². The predicted octanol–water partition coefficient (Wildman–Crippen LogP) is -2.28. The summed E-state index contributed by atoms with van der Waals surface area (Å²) >= 11 is 3.53. The lowest BCUT2D eigenvalue weighted by atomic mass is 10.0. The highest BCUT2D eigenvalue weighted by Crippen LogP contribution is 2.40. The number of carbonyl (C=O) groups excluding carboxylic acids is 4. The fourth-order valence-corrected chi connectivity index (χ4v) is 6.95. The van der Waals surface area contributed by atoms with Gasteiger partial charge in [0.1, 0.15) is 29.9 Å². The van der Waals surface area contributed by atoms with Crippen molar-refractivity contribution in [2.75, 3.05) is 11.5 Å². The number of oxime groups is 1. The standard InChI is InChI=1S/C22H20N8O8S3/c1-8(20(34)35)38-27-13(10-5-41-22(24)25-10)17(32)26-14-18(33)30-15(21(36)37)9(4-40-19(14)30)2-28-3-12-29(7-28)11(6-39-12)16(23)31/h3,5-8,14,19H,2,4H2,1H3,(H6-,23,24,25,26,31,32,34,35,36,37)/b27-13-/t8-,14+,19+/m0/s1. The largest absolute Gasteiger partial charge is 0.543 e. The molecule has 0 radical (unpaired) electrons. The lowest BCUT2D eigenvalue weighted by Crippen LogP contribution is -2.71. The first-order chi connectivity index (χ1) is 19.5. The molecule has 3 atom stereocenters. The van der Waals surface area contributed by atoms with Crippen LogP contribution < -0.4 is 26.5 Å². The van der Waals surface area contributed by atoms with E-state index in [1.54, 1.807) is 26.9 Å². The minimum atomic E-state index is -1.56. The fraction of sp³-hybridized carbons (Fsp3) is 0.273. The molecule has 0 spiro atoms. The molecule has 41 heavy (non-hydrogen) atoms. The molecule has 3 aromatic rings. The van der Waals surface area contributed by atoms with Gasteiger partial charge in [-0.05, 0) is 6.92 Å². The molecule has 16 nitrogen and oxygen atoms in total. The first-order valence-electron chi connectivity index (χ1n) is 11.6. The average molecular weight is 621 g/mol. The summed E-state index contributed by atoms with van der Waals surface area (Å²) in [4.78, 5) is 71.7. The van der Waals surface area contributed by atoms with Crippen molar-refractivity contribution in [3.05, 3.63) is 45.9 Å². The number of amides is 3. The summed E-state index contributed by atoms with van der Waals surface area (Å²) in [5.74, 6) is -4.88. The lowest BCUT2D eigenvalue weighted by molar-refractivity contribution is -0.687. The lowest BCUT2D eigenvalue weighted by Gasteiger charge is -2.50. The van der Waals surface area contributed by atoms with Gasteiger partial charge in [-0.2, -0.15) is 4.40 Å². The van der Waals surface area contributed by atoms with Crippen LogP contribution in [0.25, 0.3) is 4.83 Å². The van der Waals surface area contributed by atoms with Gasteiger partial charge in [-0.15, -0.1) is 23.1 Å². The summed E-state index contributed by atoms with van der Waals surface area (Å²) in [5, 5.41) is 29.7. The zero-order valence-corrected chi connectivity index (χ0v) is 23.3. The SMILES string of the molecule is C[C@H](O/N=C(\C(=O)N[C@@H]1C(=O)N2C(C(=O)[O-])=C(C[n+]3cc4scc(C(N)=O)n4c3)CS[C@H]12)c1csc(N)n1)C(=O)O. The first kappa shape index (κ1) is 28.1. The molecule has 19 heteroatoms. The maximum Gasteiger partial charge on any atom is 0.347 e. The number of nitrogens with zero attached hydrogens (tertiary/aromatic N) is 5. The second-order valence-corrected chi connectivity index (χ2v) is 11.7. The van der Waals surface area contributed by atoms with Gasteiger partial charge >= 0.3 is 5.97 Å². The van der Waals surface area contributed by atoms with E-state index in [2.05, 4.69) is 15.5 Å². The van der Waals surface area contributed by atoms with Crippen molar-refractivity contribution < 1.29 is 43.6 Å². The normalized spacial score (nSPS) is 19.5. The number of thiazole rings is 2. The van der Waals surface area contributed by atoms with Crippen LogP contribution in [0.15, 0.2) is 39.7 Å². The number of primary amides is 1. The Morgan fingerprint density at radius 3 is 2.73 bits per heavy atom. The molecule has 0 saturated carbocycles. The van der Waals surface area contributed by atoms with Crippen LogP contribution in [0.3, 0.4) is 0 Å². The Bertz CT molecular complexity index is 1670. The predicted molar refractivity (Wildman–Crippen MR) is 142 cm³/mol. The Morgan fingerprint density at radius 2 is 2.10 bits per heavy atom. The van der Waals surface area contributed by atoms with Crippen molar-refractivity contribution in [1.82, 2.24) is 19.6 Å². The third kappa shape index (κ3) is 5.21. The summed E-state index contributed by atoms with van der Waals surface area (Å²) in [6.45, 7) is 1.30. The third-order valence-electron chi connectivity index (χ3n) is 6.11. The summed E-state index contributed by atoms with van der Waals surface area (Å²) in [6.07, 6.45) is 1.94. The zero-order valence-electron chi connectivity index (χ0n) is 20.9. The smallest absolute Gasteiger partial charge is 0.347 e. The molecular formula is C22H20N8O8S3. The van der Waals surface area contributed by atoms with Crippen LogP contribution in [0.5, 0.6) is 0 Å². The van der Waals surface area contributed by atoms with Crippen LogP contribution in [0.1, 0.15) is 23.1 Å². The van der Waals surface area contributed by atoms with E-state index in [0.717, 1.165) is 16.2 Å².